The largest absolute Gasteiger partial charge is 3.00 e. The first kappa shape index (κ1) is 36.8. The van der Waals surface area contributed by atoms with Gasteiger partial charge in [0, 0.05) is 9.52 Å². The molecule has 0 fully saturated rings. The summed E-state index contributed by atoms with van der Waals surface area (Å²) >= 11 is 0. The van der Waals surface area contributed by atoms with Crippen LogP contribution in [-0.2, 0) is 21.7 Å². The zero-order valence-electron chi connectivity index (χ0n) is 13.6. The third kappa shape index (κ3) is 19.0. The maximum Gasteiger partial charge on any atom is 3.00 e. The van der Waals surface area contributed by atoms with E-state index < -0.39 is 0 Å². The molecule has 0 aromatic heterocycles. The minimum absolute atomic E-state index is 0. The monoisotopic (exact) mass is 359 g/mol. The SMILES string of the molecule is CC1=[C-]C(C)C(C)=C1C.C[CH-]C.C[SiH]C.Cl.Cl.[NH2-].[Ti+3]. The van der Waals surface area contributed by atoms with Gasteiger partial charge in [-0.2, -0.15) is 25.0 Å². The molecule has 1 atom stereocenters. The van der Waals surface area contributed by atoms with Gasteiger partial charge in [0.1, 0.15) is 0 Å². The first-order chi connectivity index (χ1) is 6.95. The molecule has 0 aromatic rings. The smallest absolute Gasteiger partial charge is 0.693 e. The Labute approximate surface area is 151 Å². The van der Waals surface area contributed by atoms with Crippen molar-refractivity contribution in [1.29, 1.82) is 0 Å². The van der Waals surface area contributed by atoms with Gasteiger partial charge in [0.25, 0.3) is 0 Å². The quantitative estimate of drug-likeness (QED) is 0.373. The van der Waals surface area contributed by atoms with E-state index >= 15 is 0 Å². The fourth-order valence-electron chi connectivity index (χ4n) is 1.16. The number of hydrogen-bond acceptors (Lipinski definition) is 0. The van der Waals surface area contributed by atoms with E-state index in [-0.39, 0.29) is 52.7 Å². The molecular weight excluding hydrogens is 329 g/mol. The van der Waals surface area contributed by atoms with Crippen molar-refractivity contribution in [2.24, 2.45) is 5.92 Å². The first-order valence-electron chi connectivity index (χ1n) is 5.71. The van der Waals surface area contributed by atoms with Crippen molar-refractivity contribution in [1.82, 2.24) is 0 Å². The van der Waals surface area contributed by atoms with Crippen molar-refractivity contribution in [3.63, 3.8) is 0 Å². The Morgan fingerprint density at radius 2 is 1.32 bits per heavy atom. The second kappa shape index (κ2) is 24.0. The third-order valence-corrected chi connectivity index (χ3v) is 2.24. The molecule has 1 unspecified atom stereocenters. The maximum atomic E-state index is 3.36. The number of hydrogen-bond donors (Lipinski definition) is 0. The Morgan fingerprint density at radius 1 is 1.05 bits per heavy atom. The summed E-state index contributed by atoms with van der Waals surface area (Å²) in [6.07, 6.45) is 5.36. The minimum atomic E-state index is 0. The van der Waals surface area contributed by atoms with Gasteiger partial charge in [-0.15, -0.1) is 31.7 Å². The number of rotatable bonds is 0. The van der Waals surface area contributed by atoms with E-state index in [2.05, 4.69) is 46.9 Å². The van der Waals surface area contributed by atoms with Gasteiger partial charge in [-0.3, -0.25) is 6.08 Å². The zero-order valence-corrected chi connectivity index (χ0v) is 18.0. The molecule has 1 aliphatic rings. The van der Waals surface area contributed by atoms with E-state index in [1.54, 1.807) is 0 Å². The van der Waals surface area contributed by atoms with E-state index in [1.807, 2.05) is 20.3 Å². The fraction of sp³-hybridized carbons (Fsp3) is 0.643. The van der Waals surface area contributed by atoms with E-state index in [9.17, 15) is 0 Å². The normalized spacial score (nSPS) is 14.7. The van der Waals surface area contributed by atoms with Crippen LogP contribution in [0.4, 0.5) is 0 Å². The summed E-state index contributed by atoms with van der Waals surface area (Å²) in [7, 11) is 0.750. The molecule has 0 amide bonds. The van der Waals surface area contributed by atoms with E-state index in [1.165, 1.54) is 16.7 Å². The second-order valence-corrected chi connectivity index (χ2v) is 5.11. The summed E-state index contributed by atoms with van der Waals surface area (Å²) in [4.78, 5) is 0. The van der Waals surface area contributed by atoms with Crippen LogP contribution in [0.3, 0.4) is 0 Å². The molecule has 0 aliphatic heterocycles. The second-order valence-electron chi connectivity index (χ2n) is 3.95. The van der Waals surface area contributed by atoms with Crippen LogP contribution in [-0.4, -0.2) is 9.52 Å². The molecule has 2 N–H and O–H groups in total. The molecule has 0 bridgehead atoms. The van der Waals surface area contributed by atoms with Gasteiger partial charge >= 0.3 is 21.7 Å². The Hall–Kier alpha value is 0.951. The topological polar surface area (TPSA) is 33.5 Å². The predicted molar refractivity (Wildman–Crippen MR) is 94.3 cm³/mol. The van der Waals surface area contributed by atoms with Crippen molar-refractivity contribution in [2.75, 3.05) is 0 Å². The van der Waals surface area contributed by atoms with Gasteiger partial charge in [0.2, 0.25) is 0 Å². The molecule has 1 rings (SSSR count). The molecule has 0 saturated heterocycles. The number of halogens is 2. The molecule has 0 aromatic carbocycles. The van der Waals surface area contributed by atoms with Crippen LogP contribution in [0, 0.1) is 18.4 Å². The van der Waals surface area contributed by atoms with Crippen molar-refractivity contribution < 1.29 is 21.7 Å². The van der Waals surface area contributed by atoms with Crippen LogP contribution in [0.5, 0.6) is 0 Å². The summed E-state index contributed by atoms with van der Waals surface area (Å²) in [5.74, 6) is 0.560. The molecule has 114 valence electrons. The predicted octanol–water partition coefficient (Wildman–Crippen LogP) is 6.03. The number of nitrogens with two attached hydrogens (primary N) is 1. The van der Waals surface area contributed by atoms with E-state index in [4.69, 9.17) is 0 Å². The molecule has 5 heteroatoms. The molecule has 0 saturated carbocycles. The molecular formula is C14H31Cl2NSiTi. The van der Waals surface area contributed by atoms with Gasteiger partial charge in [-0.1, -0.05) is 39.8 Å². The average molecular weight is 360 g/mol. The minimum Gasteiger partial charge on any atom is -0.693 e. The van der Waals surface area contributed by atoms with E-state index in [0.29, 0.717) is 5.92 Å². The summed E-state index contributed by atoms with van der Waals surface area (Å²) in [6.45, 7) is 17.1. The van der Waals surface area contributed by atoms with Crippen LogP contribution < -0.4 is 0 Å². The van der Waals surface area contributed by atoms with Crippen LogP contribution in [0.1, 0.15) is 41.5 Å². The van der Waals surface area contributed by atoms with Gasteiger partial charge in [-0.05, 0) is 0 Å². The average Bonchev–Trinajstić information content (AvgIpc) is 2.36. The molecule has 1 aliphatic carbocycles. The Kier molecular flexibility index (Phi) is 46.5. The summed E-state index contributed by atoms with van der Waals surface area (Å²) in [5, 5.41) is 0. The van der Waals surface area contributed by atoms with Crippen LogP contribution in [0.2, 0.25) is 13.1 Å². The van der Waals surface area contributed by atoms with Gasteiger partial charge in [0.05, 0.1) is 0 Å². The van der Waals surface area contributed by atoms with Crippen LogP contribution in [0.25, 0.3) is 6.15 Å². The molecule has 0 heterocycles. The van der Waals surface area contributed by atoms with Gasteiger partial charge in [0.15, 0.2) is 0 Å². The fourth-order valence-corrected chi connectivity index (χ4v) is 1.16. The summed E-state index contributed by atoms with van der Waals surface area (Å²) < 4.78 is 0. The van der Waals surface area contributed by atoms with E-state index in [0.717, 1.165) is 9.52 Å². The number of allylic oxidation sites excluding steroid dienone is 4. The van der Waals surface area contributed by atoms with Crippen molar-refractivity contribution in [3.8, 4) is 0 Å². The molecule has 1 nitrogen and oxygen atoms in total. The van der Waals surface area contributed by atoms with Crippen LogP contribution >= 0.6 is 24.8 Å². The standard InChI is InChI=1S/C9H13.C3H7.C2H7Si.2ClH.H2N.Ti/c1-6-5-7(2)9(4)8(6)3;2*1-3-2;;;;/h6H,1-4H3;2*3H,1-2H3;2*1H;1H2;/q2*-1;;;;-1;+3. The summed E-state index contributed by atoms with van der Waals surface area (Å²) in [6, 6.07) is 0. The maximum absolute atomic E-state index is 3.36. The zero-order chi connectivity index (χ0) is 12.4. The van der Waals surface area contributed by atoms with Crippen molar-refractivity contribution in [3.05, 3.63) is 35.4 Å². The molecule has 0 spiro atoms. The Balaban J connectivity index is -0.0000000374. The summed E-state index contributed by atoms with van der Waals surface area (Å²) in [5.41, 5.74) is 4.25. The Bertz CT molecular complexity index is 229. The van der Waals surface area contributed by atoms with Gasteiger partial charge < -0.3 is 12.6 Å². The van der Waals surface area contributed by atoms with Crippen molar-refractivity contribution >= 4 is 34.3 Å². The van der Waals surface area contributed by atoms with Gasteiger partial charge in [-0.25, -0.2) is 5.57 Å². The first-order valence-corrected chi connectivity index (χ1v) is 8.02. The molecule has 2 radical (unpaired) electrons. The Morgan fingerprint density at radius 3 is 1.37 bits per heavy atom. The van der Waals surface area contributed by atoms with Crippen molar-refractivity contribution in [2.45, 2.75) is 54.6 Å². The third-order valence-electron chi connectivity index (χ3n) is 2.24. The molecule has 19 heavy (non-hydrogen) atoms. The van der Waals surface area contributed by atoms with Crippen LogP contribution in [0.15, 0.2) is 16.7 Å².